The van der Waals surface area contributed by atoms with Crippen LogP contribution in [0.4, 0.5) is 28.9 Å². The van der Waals surface area contributed by atoms with Crippen LogP contribution in [0.3, 0.4) is 0 Å². The molecule has 1 aliphatic rings. The van der Waals surface area contributed by atoms with Gasteiger partial charge in [-0.3, -0.25) is 9.10 Å². The van der Waals surface area contributed by atoms with Gasteiger partial charge in [-0.15, -0.1) is 0 Å². The molecule has 11 heteroatoms. The number of amides is 1. The van der Waals surface area contributed by atoms with Crippen molar-refractivity contribution in [1.29, 1.82) is 0 Å². The number of rotatable bonds is 4. The summed E-state index contributed by atoms with van der Waals surface area (Å²) < 4.78 is 80.1. The van der Waals surface area contributed by atoms with Crippen LogP contribution in [0, 0.1) is 5.82 Å². The molecule has 178 valence electrons. The van der Waals surface area contributed by atoms with E-state index in [0.29, 0.717) is 29.6 Å². The molecule has 0 radical (unpaired) electrons. The molecule has 0 saturated carbocycles. The molecule has 1 amide bonds. The van der Waals surface area contributed by atoms with Crippen molar-refractivity contribution in [3.8, 4) is 0 Å². The lowest BCUT2D eigenvalue weighted by atomic mass is 10.0. The number of alkyl halides is 3. The third kappa shape index (κ3) is 4.74. The Morgan fingerprint density at radius 1 is 1.00 bits per heavy atom. The number of aryl methyl sites for hydroxylation is 1. The first-order chi connectivity index (χ1) is 16.0. The van der Waals surface area contributed by atoms with E-state index in [4.69, 9.17) is 11.6 Å². The number of carbonyl (C=O) groups excluding carboxylic acids is 1. The van der Waals surface area contributed by atoms with Crippen LogP contribution < -0.4 is 9.62 Å². The van der Waals surface area contributed by atoms with E-state index in [1.54, 1.807) is 6.07 Å². The summed E-state index contributed by atoms with van der Waals surface area (Å²) in [5.74, 6) is -2.29. The molecule has 1 N–H and O–H groups in total. The molecule has 4 rings (SSSR count). The van der Waals surface area contributed by atoms with Gasteiger partial charge in [0.1, 0.15) is 5.82 Å². The van der Waals surface area contributed by atoms with Crippen molar-refractivity contribution in [2.24, 2.45) is 0 Å². The second kappa shape index (κ2) is 8.92. The fourth-order valence-electron chi connectivity index (χ4n) is 3.68. The molecule has 1 heterocycles. The predicted molar refractivity (Wildman–Crippen MR) is 120 cm³/mol. The number of hydrogen-bond acceptors (Lipinski definition) is 3. The molecular formula is C23H17ClF4N2O3S. The largest absolute Gasteiger partial charge is 0.416 e. The third-order valence-corrected chi connectivity index (χ3v) is 7.44. The van der Waals surface area contributed by atoms with Gasteiger partial charge < -0.3 is 5.32 Å². The Kier molecular flexibility index (Phi) is 6.30. The first-order valence-corrected chi connectivity index (χ1v) is 11.9. The highest BCUT2D eigenvalue weighted by molar-refractivity contribution is 7.92. The van der Waals surface area contributed by atoms with E-state index >= 15 is 0 Å². The highest BCUT2D eigenvalue weighted by Crippen LogP contribution is 2.35. The van der Waals surface area contributed by atoms with Gasteiger partial charge in [0, 0.05) is 17.3 Å². The Morgan fingerprint density at radius 3 is 2.35 bits per heavy atom. The summed E-state index contributed by atoms with van der Waals surface area (Å²) in [6.07, 6.45) is -3.54. The Morgan fingerprint density at radius 2 is 1.71 bits per heavy atom. The average molecular weight is 513 g/mol. The number of nitrogens with zero attached hydrogens (tertiary/aromatic N) is 1. The fraction of sp³-hybridized carbons (Fsp3) is 0.174. The standard InChI is InChI=1S/C23H17ClF4N2O3S/c24-16-5-8-18(9-6-16)34(32,33)30-11-1-2-14-3-7-17(13-21(14)30)29-22(31)19-10-4-15(12-20(19)25)23(26,27)28/h3-10,12-13H,1-2,11H2,(H,29,31). The smallest absolute Gasteiger partial charge is 0.322 e. The predicted octanol–water partition coefficient (Wildman–Crippen LogP) is 5.89. The monoisotopic (exact) mass is 512 g/mol. The molecule has 3 aromatic carbocycles. The lowest BCUT2D eigenvalue weighted by Gasteiger charge is -2.31. The van der Waals surface area contributed by atoms with Crippen LogP contribution in [0.1, 0.15) is 27.9 Å². The number of anilines is 2. The van der Waals surface area contributed by atoms with Crippen molar-refractivity contribution in [1.82, 2.24) is 0 Å². The summed E-state index contributed by atoms with van der Waals surface area (Å²) in [5, 5.41) is 2.81. The quantitative estimate of drug-likeness (QED) is 0.443. The molecule has 1 aliphatic heterocycles. The summed E-state index contributed by atoms with van der Waals surface area (Å²) in [6.45, 7) is 0.211. The first-order valence-electron chi connectivity index (χ1n) is 10.1. The van der Waals surface area contributed by atoms with E-state index < -0.39 is 39.1 Å². The molecule has 3 aromatic rings. The fourth-order valence-corrected chi connectivity index (χ4v) is 5.34. The molecule has 0 saturated heterocycles. The van der Waals surface area contributed by atoms with Gasteiger partial charge in [-0.05, 0) is 73.0 Å². The number of hydrogen-bond donors (Lipinski definition) is 1. The Hall–Kier alpha value is -3.11. The van der Waals surface area contributed by atoms with Crippen LogP contribution in [0.5, 0.6) is 0 Å². The third-order valence-electron chi connectivity index (χ3n) is 5.36. The topological polar surface area (TPSA) is 66.5 Å². The first kappa shape index (κ1) is 24.0. The van der Waals surface area contributed by atoms with E-state index in [2.05, 4.69) is 5.32 Å². The normalized spacial score (nSPS) is 14.0. The van der Waals surface area contributed by atoms with Crippen molar-refractivity contribution in [2.45, 2.75) is 23.9 Å². The van der Waals surface area contributed by atoms with Crippen molar-refractivity contribution in [2.75, 3.05) is 16.2 Å². The lowest BCUT2D eigenvalue weighted by molar-refractivity contribution is -0.137. The van der Waals surface area contributed by atoms with Gasteiger partial charge in [0.15, 0.2) is 0 Å². The lowest BCUT2D eigenvalue weighted by Crippen LogP contribution is -2.35. The van der Waals surface area contributed by atoms with Crippen molar-refractivity contribution < 1.29 is 30.8 Å². The zero-order valence-corrected chi connectivity index (χ0v) is 18.9. The van der Waals surface area contributed by atoms with Crippen LogP contribution in [-0.2, 0) is 22.6 Å². The van der Waals surface area contributed by atoms with E-state index in [-0.39, 0.29) is 23.2 Å². The highest BCUT2D eigenvalue weighted by atomic mass is 35.5. The summed E-state index contributed by atoms with van der Waals surface area (Å²) in [6, 6.07) is 12.0. The van der Waals surface area contributed by atoms with Gasteiger partial charge in [-0.25, -0.2) is 12.8 Å². The van der Waals surface area contributed by atoms with Gasteiger partial charge in [0.25, 0.3) is 15.9 Å². The Bertz CT molecular complexity index is 1360. The molecular weight excluding hydrogens is 496 g/mol. The van der Waals surface area contributed by atoms with Gasteiger partial charge in [-0.1, -0.05) is 17.7 Å². The van der Waals surface area contributed by atoms with Crippen LogP contribution in [0.2, 0.25) is 5.02 Å². The summed E-state index contributed by atoms with van der Waals surface area (Å²) in [4.78, 5) is 12.6. The van der Waals surface area contributed by atoms with E-state index in [0.717, 1.165) is 11.6 Å². The number of sulfonamides is 1. The molecule has 34 heavy (non-hydrogen) atoms. The van der Waals surface area contributed by atoms with E-state index in [1.165, 1.54) is 40.7 Å². The zero-order valence-electron chi connectivity index (χ0n) is 17.4. The van der Waals surface area contributed by atoms with Crippen LogP contribution >= 0.6 is 11.6 Å². The number of carbonyl (C=O) groups is 1. The summed E-state index contributed by atoms with van der Waals surface area (Å²) in [5.41, 5.74) is -0.523. The molecule has 0 aromatic heterocycles. The van der Waals surface area contributed by atoms with E-state index in [1.807, 2.05) is 0 Å². The molecule has 0 fully saturated rings. The summed E-state index contributed by atoms with van der Waals surface area (Å²) >= 11 is 5.86. The van der Waals surface area contributed by atoms with Gasteiger partial charge >= 0.3 is 6.18 Å². The van der Waals surface area contributed by atoms with Crippen molar-refractivity contribution in [3.05, 3.63) is 88.2 Å². The maximum Gasteiger partial charge on any atom is 0.416 e. The minimum absolute atomic E-state index is 0.0472. The minimum Gasteiger partial charge on any atom is -0.322 e. The number of fused-ring (bicyclic) bond motifs is 1. The van der Waals surface area contributed by atoms with Gasteiger partial charge in [0.05, 0.1) is 21.7 Å². The molecule has 0 unspecified atom stereocenters. The minimum atomic E-state index is -4.74. The number of benzene rings is 3. The van der Waals surface area contributed by atoms with Gasteiger partial charge in [-0.2, -0.15) is 13.2 Å². The highest BCUT2D eigenvalue weighted by Gasteiger charge is 2.32. The van der Waals surface area contributed by atoms with Gasteiger partial charge in [0.2, 0.25) is 0 Å². The second-order valence-electron chi connectivity index (χ2n) is 7.62. The summed E-state index contributed by atoms with van der Waals surface area (Å²) in [7, 11) is -3.92. The van der Waals surface area contributed by atoms with Crippen LogP contribution in [0.25, 0.3) is 0 Å². The maximum atomic E-state index is 14.2. The van der Waals surface area contributed by atoms with Crippen molar-refractivity contribution in [3.63, 3.8) is 0 Å². The SMILES string of the molecule is O=C(Nc1ccc2c(c1)N(S(=O)(=O)c1ccc(Cl)cc1)CCC2)c1ccc(C(F)(F)F)cc1F. The Labute approximate surface area is 198 Å². The zero-order chi connectivity index (χ0) is 24.7. The Balaban J connectivity index is 1.63. The second-order valence-corrected chi connectivity index (χ2v) is 9.92. The molecule has 0 spiro atoms. The molecule has 0 aliphatic carbocycles. The molecule has 0 atom stereocenters. The number of halogens is 5. The van der Waals surface area contributed by atoms with E-state index in [9.17, 15) is 30.8 Å². The average Bonchev–Trinajstić information content (AvgIpc) is 2.78. The van der Waals surface area contributed by atoms with Crippen LogP contribution in [-0.4, -0.2) is 20.9 Å². The molecule has 0 bridgehead atoms. The molecule has 5 nitrogen and oxygen atoms in total. The number of nitrogens with one attached hydrogen (secondary N) is 1. The van der Waals surface area contributed by atoms with Crippen LogP contribution in [0.15, 0.2) is 65.6 Å². The maximum absolute atomic E-state index is 14.2. The van der Waals surface area contributed by atoms with Crippen molar-refractivity contribution >= 4 is 38.9 Å².